The van der Waals surface area contributed by atoms with E-state index in [9.17, 15) is 9.59 Å². The molecule has 1 saturated carbocycles. The normalized spacial score (nSPS) is 29.5. The molecule has 42 valence electrons. The number of carbonyl (C=O) groups excluding carboxylic acids is 2. The Morgan fingerprint density at radius 2 is 1.75 bits per heavy atom. The molecule has 1 spiro atoms. The van der Waals surface area contributed by atoms with Gasteiger partial charge in [-0.15, -0.1) is 0 Å². The Balaban J connectivity index is 2.34. The number of nitrogens with one attached hydrogen (secondary N) is 1. The van der Waals surface area contributed by atoms with Gasteiger partial charge in [0.2, 0.25) is 11.8 Å². The molecule has 1 N–H and O–H groups in total. The summed E-state index contributed by atoms with van der Waals surface area (Å²) < 4.78 is 0. The molecule has 2 fully saturated rings. The minimum absolute atomic E-state index is 0.0671. The maximum Gasteiger partial charge on any atom is 0.242 e. The Kier molecular flexibility index (Phi) is 0.412. The van der Waals surface area contributed by atoms with Crippen molar-refractivity contribution in [1.29, 1.82) is 0 Å². The van der Waals surface area contributed by atoms with E-state index in [1.165, 1.54) is 0 Å². The Labute approximate surface area is 46.1 Å². The van der Waals surface area contributed by atoms with Gasteiger partial charge in [-0.2, -0.15) is 0 Å². The highest BCUT2D eigenvalue weighted by Gasteiger charge is 2.64. The van der Waals surface area contributed by atoms with Crippen LogP contribution in [0.5, 0.6) is 0 Å². The van der Waals surface area contributed by atoms with Crippen LogP contribution in [0.3, 0.4) is 0 Å². The van der Waals surface area contributed by atoms with Gasteiger partial charge in [-0.05, 0) is 12.8 Å². The monoisotopic (exact) mass is 111 g/mol. The number of imide groups is 1. The second kappa shape index (κ2) is 0.811. The lowest BCUT2D eigenvalue weighted by molar-refractivity contribution is -0.150. The van der Waals surface area contributed by atoms with Gasteiger partial charge in [0.1, 0.15) is 5.41 Å². The lowest BCUT2D eigenvalue weighted by Gasteiger charge is -2.22. The topological polar surface area (TPSA) is 46.2 Å². The Morgan fingerprint density at radius 3 is 1.88 bits per heavy atom. The molecular weight excluding hydrogens is 106 g/mol. The summed E-state index contributed by atoms with van der Waals surface area (Å²) >= 11 is 0. The van der Waals surface area contributed by atoms with Crippen LogP contribution in [0.25, 0.3) is 0 Å². The maximum atomic E-state index is 10.5. The standard InChI is InChI=1S/C5H5NO2/c7-3-5(1-2-5)4(8)6-3/h1-2H2,(H,6,7,8). The van der Waals surface area contributed by atoms with E-state index in [2.05, 4.69) is 5.32 Å². The van der Waals surface area contributed by atoms with Crippen molar-refractivity contribution in [2.75, 3.05) is 0 Å². The first-order valence-electron chi connectivity index (χ1n) is 2.62. The average Bonchev–Trinajstić information content (AvgIpc) is 2.44. The molecule has 0 aromatic rings. The second-order valence-corrected chi connectivity index (χ2v) is 2.37. The molecule has 0 radical (unpaired) electrons. The van der Waals surface area contributed by atoms with E-state index in [0.717, 1.165) is 12.8 Å². The summed E-state index contributed by atoms with van der Waals surface area (Å²) in [7, 11) is 0. The van der Waals surface area contributed by atoms with Gasteiger partial charge in [-0.3, -0.25) is 14.9 Å². The molecule has 1 aliphatic carbocycles. The van der Waals surface area contributed by atoms with E-state index >= 15 is 0 Å². The van der Waals surface area contributed by atoms with Gasteiger partial charge >= 0.3 is 0 Å². The molecule has 1 aliphatic heterocycles. The highest BCUT2D eigenvalue weighted by Crippen LogP contribution is 2.50. The summed E-state index contributed by atoms with van der Waals surface area (Å²) in [6.45, 7) is 0. The Morgan fingerprint density at radius 1 is 1.25 bits per heavy atom. The largest absolute Gasteiger partial charge is 0.295 e. The van der Waals surface area contributed by atoms with Crippen LogP contribution in [0.15, 0.2) is 0 Å². The predicted molar refractivity (Wildman–Crippen MR) is 24.8 cm³/mol. The quantitative estimate of drug-likeness (QED) is 0.336. The van der Waals surface area contributed by atoms with Crippen LogP contribution in [0.1, 0.15) is 12.8 Å². The minimum atomic E-state index is -0.500. The molecule has 3 nitrogen and oxygen atoms in total. The fourth-order valence-electron chi connectivity index (χ4n) is 0.962. The van der Waals surface area contributed by atoms with Crippen molar-refractivity contribution in [2.24, 2.45) is 5.41 Å². The van der Waals surface area contributed by atoms with Crippen LogP contribution in [-0.2, 0) is 9.59 Å². The first-order chi connectivity index (χ1) is 3.76. The first kappa shape index (κ1) is 4.06. The third-order valence-electron chi connectivity index (χ3n) is 1.85. The number of rotatable bonds is 0. The van der Waals surface area contributed by atoms with E-state index in [1.54, 1.807) is 0 Å². The van der Waals surface area contributed by atoms with Crippen molar-refractivity contribution in [2.45, 2.75) is 12.8 Å². The van der Waals surface area contributed by atoms with Crippen molar-refractivity contribution in [3.05, 3.63) is 0 Å². The zero-order valence-corrected chi connectivity index (χ0v) is 4.23. The molecule has 2 amide bonds. The summed E-state index contributed by atoms with van der Waals surface area (Å²) in [5, 5.41) is 2.18. The molecule has 2 aliphatic rings. The van der Waals surface area contributed by atoms with Gasteiger partial charge in [0.25, 0.3) is 0 Å². The number of amides is 2. The average molecular weight is 111 g/mol. The molecule has 0 aromatic heterocycles. The van der Waals surface area contributed by atoms with Crippen LogP contribution >= 0.6 is 0 Å². The summed E-state index contributed by atoms with van der Waals surface area (Å²) in [6, 6.07) is 0. The molecule has 8 heavy (non-hydrogen) atoms. The molecule has 0 atom stereocenters. The van der Waals surface area contributed by atoms with E-state index in [0.29, 0.717) is 0 Å². The van der Waals surface area contributed by atoms with Crippen LogP contribution in [-0.4, -0.2) is 11.8 Å². The second-order valence-electron chi connectivity index (χ2n) is 2.37. The van der Waals surface area contributed by atoms with E-state index in [4.69, 9.17) is 0 Å². The van der Waals surface area contributed by atoms with Gasteiger partial charge in [0, 0.05) is 0 Å². The summed E-state index contributed by atoms with van der Waals surface area (Å²) in [6.07, 6.45) is 1.55. The molecule has 0 aromatic carbocycles. The summed E-state index contributed by atoms with van der Waals surface area (Å²) in [4.78, 5) is 21.0. The number of carbonyl (C=O) groups is 2. The van der Waals surface area contributed by atoms with Crippen molar-refractivity contribution in [1.82, 2.24) is 5.32 Å². The molecule has 3 heteroatoms. The van der Waals surface area contributed by atoms with Crippen molar-refractivity contribution >= 4 is 11.8 Å². The summed E-state index contributed by atoms with van der Waals surface area (Å²) in [5.41, 5.74) is -0.500. The molecule has 1 heterocycles. The third-order valence-corrected chi connectivity index (χ3v) is 1.85. The first-order valence-corrected chi connectivity index (χ1v) is 2.62. The van der Waals surface area contributed by atoms with Crippen molar-refractivity contribution < 1.29 is 9.59 Å². The van der Waals surface area contributed by atoms with Crippen LogP contribution in [0.2, 0.25) is 0 Å². The van der Waals surface area contributed by atoms with E-state index < -0.39 is 5.41 Å². The van der Waals surface area contributed by atoms with Gasteiger partial charge in [0.15, 0.2) is 0 Å². The van der Waals surface area contributed by atoms with Crippen LogP contribution in [0, 0.1) is 5.41 Å². The third kappa shape index (κ3) is 0.217. The van der Waals surface area contributed by atoms with Crippen LogP contribution in [0.4, 0.5) is 0 Å². The minimum Gasteiger partial charge on any atom is -0.295 e. The van der Waals surface area contributed by atoms with Gasteiger partial charge < -0.3 is 0 Å². The van der Waals surface area contributed by atoms with E-state index in [-0.39, 0.29) is 11.8 Å². The number of hydrogen-bond donors (Lipinski definition) is 1. The smallest absolute Gasteiger partial charge is 0.242 e. The maximum absolute atomic E-state index is 10.5. The molecular formula is C5H5NO2. The molecule has 1 saturated heterocycles. The zero-order valence-electron chi connectivity index (χ0n) is 4.23. The van der Waals surface area contributed by atoms with Crippen molar-refractivity contribution in [3.63, 3.8) is 0 Å². The molecule has 0 bridgehead atoms. The molecule has 2 rings (SSSR count). The fraction of sp³-hybridized carbons (Fsp3) is 0.600. The zero-order chi connectivity index (χ0) is 5.78. The Hall–Kier alpha value is -0.860. The SMILES string of the molecule is O=C1NC(=O)C12CC2. The highest BCUT2D eigenvalue weighted by atomic mass is 16.2. The van der Waals surface area contributed by atoms with Gasteiger partial charge in [-0.25, -0.2) is 0 Å². The Bertz CT molecular complexity index is 165. The van der Waals surface area contributed by atoms with Crippen LogP contribution < -0.4 is 5.32 Å². The molecule has 0 unspecified atom stereocenters. The fourth-order valence-corrected chi connectivity index (χ4v) is 0.962. The number of β-lactam (4-membered cyclic amide) rings is 2. The predicted octanol–water partition coefficient (Wildman–Crippen LogP) is -0.577. The summed E-state index contributed by atoms with van der Waals surface area (Å²) in [5.74, 6) is -0.134. The lowest BCUT2D eigenvalue weighted by Crippen LogP contribution is -2.56. The van der Waals surface area contributed by atoms with Gasteiger partial charge in [-0.1, -0.05) is 0 Å². The number of hydrogen-bond acceptors (Lipinski definition) is 2. The lowest BCUT2D eigenvalue weighted by atomic mass is 9.98. The highest BCUT2D eigenvalue weighted by molar-refractivity contribution is 6.23. The van der Waals surface area contributed by atoms with Gasteiger partial charge in [0.05, 0.1) is 0 Å². The van der Waals surface area contributed by atoms with Crippen molar-refractivity contribution in [3.8, 4) is 0 Å². The van der Waals surface area contributed by atoms with E-state index in [1.807, 2.05) is 0 Å².